The molecule has 4 nitrogen and oxygen atoms in total. The zero-order valence-corrected chi connectivity index (χ0v) is 16.4. The SMILES string of the molecule is CN1C(=CC=Cc2cc[n+](CCC(=O)O)c3ccccc23)Sc2ccccc21. The zero-order valence-electron chi connectivity index (χ0n) is 15.6. The Morgan fingerprint density at radius 2 is 1.93 bits per heavy atom. The molecule has 2 heterocycles. The number of aliphatic carboxylic acids is 1. The summed E-state index contributed by atoms with van der Waals surface area (Å²) in [5.74, 6) is -0.786. The van der Waals surface area contributed by atoms with Gasteiger partial charge >= 0.3 is 5.97 Å². The molecule has 0 unspecified atom stereocenters. The van der Waals surface area contributed by atoms with Crippen LogP contribution in [0.4, 0.5) is 5.69 Å². The third-order valence-corrected chi connectivity index (χ3v) is 6.00. The number of carboxylic acid groups (broad SMARTS) is 1. The lowest BCUT2D eigenvalue weighted by Crippen LogP contribution is -2.35. The van der Waals surface area contributed by atoms with E-state index in [1.165, 1.54) is 15.6 Å². The maximum Gasteiger partial charge on any atom is 0.309 e. The van der Waals surface area contributed by atoms with Crippen molar-refractivity contribution in [2.45, 2.75) is 17.9 Å². The summed E-state index contributed by atoms with van der Waals surface area (Å²) in [5.41, 5.74) is 3.39. The number of thioether (sulfide) groups is 1. The number of allylic oxidation sites excluding steroid dienone is 2. The van der Waals surface area contributed by atoms with Gasteiger partial charge in [-0.15, -0.1) is 0 Å². The molecule has 0 atom stereocenters. The molecule has 0 amide bonds. The van der Waals surface area contributed by atoms with Crippen LogP contribution in [0.5, 0.6) is 0 Å². The summed E-state index contributed by atoms with van der Waals surface area (Å²) < 4.78 is 2.00. The Labute approximate surface area is 168 Å². The summed E-state index contributed by atoms with van der Waals surface area (Å²) in [4.78, 5) is 14.4. The molecule has 0 aliphatic carbocycles. The molecule has 28 heavy (non-hydrogen) atoms. The van der Waals surface area contributed by atoms with Gasteiger partial charge < -0.3 is 10.0 Å². The van der Waals surface area contributed by atoms with Gasteiger partial charge in [-0.1, -0.05) is 48.2 Å². The number of pyridine rings is 1. The van der Waals surface area contributed by atoms with E-state index < -0.39 is 5.97 Å². The monoisotopic (exact) mass is 389 g/mol. The van der Waals surface area contributed by atoms with Crippen molar-refractivity contribution >= 4 is 40.4 Å². The summed E-state index contributed by atoms with van der Waals surface area (Å²) >= 11 is 1.77. The molecule has 1 N–H and O–H groups in total. The molecule has 1 aliphatic rings. The predicted molar refractivity (Wildman–Crippen MR) is 114 cm³/mol. The zero-order chi connectivity index (χ0) is 19.5. The minimum Gasteiger partial charge on any atom is -0.481 e. The number of para-hydroxylation sites is 2. The van der Waals surface area contributed by atoms with E-state index in [2.05, 4.69) is 60.5 Å². The number of anilines is 1. The maximum atomic E-state index is 10.9. The number of carbonyl (C=O) groups is 1. The predicted octanol–water partition coefficient (Wildman–Crippen LogP) is 4.70. The Bertz CT molecular complexity index is 1100. The van der Waals surface area contributed by atoms with Crippen molar-refractivity contribution in [2.24, 2.45) is 0 Å². The number of carboxylic acids is 1. The Kier molecular flexibility index (Phi) is 5.17. The largest absolute Gasteiger partial charge is 0.481 e. The van der Waals surface area contributed by atoms with Crippen LogP contribution in [0.2, 0.25) is 0 Å². The van der Waals surface area contributed by atoms with E-state index in [9.17, 15) is 4.79 Å². The molecule has 0 radical (unpaired) electrons. The number of hydrogen-bond donors (Lipinski definition) is 1. The smallest absolute Gasteiger partial charge is 0.309 e. The van der Waals surface area contributed by atoms with E-state index in [4.69, 9.17) is 5.11 Å². The average molecular weight is 390 g/mol. The van der Waals surface area contributed by atoms with Crippen LogP contribution in [-0.4, -0.2) is 18.1 Å². The van der Waals surface area contributed by atoms with Gasteiger partial charge in [-0.05, 0) is 29.8 Å². The van der Waals surface area contributed by atoms with Crippen molar-refractivity contribution in [3.8, 4) is 0 Å². The van der Waals surface area contributed by atoms with Gasteiger partial charge in [-0.2, -0.15) is 4.57 Å². The number of fused-ring (bicyclic) bond motifs is 2. The highest BCUT2D eigenvalue weighted by atomic mass is 32.2. The normalized spacial score (nSPS) is 14.9. The Morgan fingerprint density at radius 3 is 2.75 bits per heavy atom. The fourth-order valence-electron chi connectivity index (χ4n) is 3.37. The lowest BCUT2D eigenvalue weighted by atomic mass is 10.1. The molecule has 1 aromatic heterocycles. The van der Waals surface area contributed by atoms with Crippen LogP contribution in [0.3, 0.4) is 0 Å². The van der Waals surface area contributed by atoms with Crippen LogP contribution in [0.15, 0.2) is 82.9 Å². The first-order valence-corrected chi connectivity index (χ1v) is 9.97. The molecule has 0 saturated heterocycles. The van der Waals surface area contributed by atoms with Crippen LogP contribution in [0.1, 0.15) is 12.0 Å². The van der Waals surface area contributed by atoms with Crippen LogP contribution in [-0.2, 0) is 11.3 Å². The van der Waals surface area contributed by atoms with Gasteiger partial charge in [0.2, 0.25) is 5.52 Å². The van der Waals surface area contributed by atoms with E-state index in [1.54, 1.807) is 11.8 Å². The molecule has 0 saturated carbocycles. The van der Waals surface area contributed by atoms with Crippen molar-refractivity contribution in [1.82, 2.24) is 0 Å². The van der Waals surface area contributed by atoms with E-state index in [-0.39, 0.29) is 6.42 Å². The van der Waals surface area contributed by atoms with Gasteiger partial charge in [0.1, 0.15) is 6.42 Å². The second-order valence-electron chi connectivity index (χ2n) is 6.62. The highest BCUT2D eigenvalue weighted by Crippen LogP contribution is 2.44. The highest BCUT2D eigenvalue weighted by molar-refractivity contribution is 8.03. The van der Waals surface area contributed by atoms with Crippen LogP contribution >= 0.6 is 11.8 Å². The summed E-state index contributed by atoms with van der Waals surface area (Å²) in [6, 6.07) is 18.5. The molecule has 0 bridgehead atoms. The fraction of sp³-hybridized carbons (Fsp3) is 0.130. The molecule has 4 rings (SSSR count). The second kappa shape index (κ2) is 7.90. The molecule has 5 heteroatoms. The number of nitrogens with zero attached hydrogens (tertiary/aromatic N) is 2. The minimum absolute atomic E-state index is 0.111. The summed E-state index contributed by atoms with van der Waals surface area (Å²) in [5, 5.41) is 11.3. The van der Waals surface area contributed by atoms with E-state index in [1.807, 2.05) is 35.0 Å². The molecular formula is C23H21N2O2S+. The number of hydrogen-bond acceptors (Lipinski definition) is 3. The Hall–Kier alpha value is -3.05. The van der Waals surface area contributed by atoms with Crippen LogP contribution < -0.4 is 9.47 Å². The maximum absolute atomic E-state index is 10.9. The minimum atomic E-state index is -0.786. The van der Waals surface area contributed by atoms with E-state index in [0.29, 0.717) is 6.54 Å². The second-order valence-corrected chi connectivity index (χ2v) is 7.68. The average Bonchev–Trinajstić information content (AvgIpc) is 3.03. The van der Waals surface area contributed by atoms with Gasteiger partial charge in [0.25, 0.3) is 0 Å². The van der Waals surface area contributed by atoms with Gasteiger partial charge in [0.05, 0.1) is 16.1 Å². The molecule has 2 aromatic carbocycles. The van der Waals surface area contributed by atoms with Gasteiger partial charge in [-0.25, -0.2) is 0 Å². The number of aryl methyl sites for hydroxylation is 1. The van der Waals surface area contributed by atoms with Crippen molar-refractivity contribution in [1.29, 1.82) is 0 Å². The number of aromatic nitrogens is 1. The van der Waals surface area contributed by atoms with Crippen molar-refractivity contribution in [3.63, 3.8) is 0 Å². The number of rotatable bonds is 5. The lowest BCUT2D eigenvalue weighted by Gasteiger charge is -2.12. The van der Waals surface area contributed by atoms with Gasteiger partial charge in [0.15, 0.2) is 12.7 Å². The molecule has 1 aliphatic heterocycles. The highest BCUT2D eigenvalue weighted by Gasteiger charge is 2.20. The van der Waals surface area contributed by atoms with Crippen molar-refractivity contribution in [2.75, 3.05) is 11.9 Å². The Balaban J connectivity index is 1.60. The third-order valence-electron chi connectivity index (χ3n) is 4.81. The molecule has 0 spiro atoms. The first kappa shape index (κ1) is 18.3. The van der Waals surface area contributed by atoms with Gasteiger partial charge in [0, 0.05) is 24.1 Å². The third kappa shape index (κ3) is 3.66. The Morgan fingerprint density at radius 1 is 1.14 bits per heavy atom. The van der Waals surface area contributed by atoms with Crippen molar-refractivity contribution < 1.29 is 14.5 Å². The van der Waals surface area contributed by atoms with Crippen molar-refractivity contribution in [3.05, 3.63) is 83.5 Å². The fourth-order valence-corrected chi connectivity index (χ4v) is 4.43. The molecular weight excluding hydrogens is 368 g/mol. The summed E-state index contributed by atoms with van der Waals surface area (Å²) in [7, 11) is 2.09. The molecule has 3 aromatic rings. The topological polar surface area (TPSA) is 44.4 Å². The molecule has 0 fully saturated rings. The van der Waals surface area contributed by atoms with Crippen LogP contribution in [0.25, 0.3) is 17.0 Å². The summed E-state index contributed by atoms with van der Waals surface area (Å²) in [6.45, 7) is 0.462. The van der Waals surface area contributed by atoms with E-state index in [0.717, 1.165) is 16.5 Å². The standard InChI is InChI=1S/C23H20N2O2S/c1-24-20-10-4-5-11-21(20)28-22(24)12-6-7-17-13-15-25(16-14-23(26)27)19-9-3-2-8-18(17)19/h2-13,15H,14,16H2,1H3/p+1. The molecule has 140 valence electrons. The first-order valence-electron chi connectivity index (χ1n) is 9.15. The summed E-state index contributed by atoms with van der Waals surface area (Å²) in [6.07, 6.45) is 8.39. The first-order chi connectivity index (χ1) is 13.6. The van der Waals surface area contributed by atoms with Gasteiger partial charge in [-0.3, -0.25) is 4.79 Å². The quantitative estimate of drug-likeness (QED) is 0.643. The number of benzene rings is 2. The van der Waals surface area contributed by atoms with Crippen LogP contribution in [0, 0.1) is 0 Å². The van der Waals surface area contributed by atoms with E-state index >= 15 is 0 Å². The lowest BCUT2D eigenvalue weighted by molar-refractivity contribution is -0.670.